The van der Waals surface area contributed by atoms with Crippen LogP contribution in [-0.2, 0) is 4.79 Å². The van der Waals surface area contributed by atoms with E-state index in [9.17, 15) is 4.79 Å². The number of rotatable bonds is 6. The largest absolute Gasteiger partial charge is 0.386 e. The number of nitrogens with zero attached hydrogens (tertiary/aromatic N) is 1. The molecule has 110 valence electrons. The van der Waals surface area contributed by atoms with E-state index in [0.717, 1.165) is 34.5 Å². The number of pyridine rings is 1. The van der Waals surface area contributed by atoms with E-state index in [0.29, 0.717) is 6.42 Å². The summed E-state index contributed by atoms with van der Waals surface area (Å²) in [5.41, 5.74) is 5.22. The molecular weight excluding hydrogens is 262 g/mol. The Bertz CT molecular complexity index is 625. The van der Waals surface area contributed by atoms with E-state index < -0.39 is 0 Å². The molecule has 0 fully saturated rings. The van der Waals surface area contributed by atoms with Gasteiger partial charge in [-0.15, -0.1) is 0 Å². The first kappa shape index (κ1) is 15.0. The van der Waals surface area contributed by atoms with Crippen LogP contribution in [0.4, 0.5) is 11.4 Å². The molecule has 0 radical (unpaired) electrons. The Labute approximate surface area is 125 Å². The van der Waals surface area contributed by atoms with Crippen molar-refractivity contribution < 1.29 is 4.79 Å². The molecule has 0 amide bonds. The van der Waals surface area contributed by atoms with Crippen molar-refractivity contribution in [2.75, 3.05) is 17.7 Å². The average molecular weight is 283 g/mol. The van der Waals surface area contributed by atoms with Crippen molar-refractivity contribution in [1.82, 2.24) is 4.98 Å². The lowest BCUT2D eigenvalue weighted by atomic mass is 10.0. The molecule has 0 aliphatic heterocycles. The van der Waals surface area contributed by atoms with Crippen LogP contribution in [0.1, 0.15) is 19.0 Å². The molecule has 1 atom stereocenters. The molecule has 1 aromatic carbocycles. The Morgan fingerprint density at radius 3 is 2.81 bits per heavy atom. The Morgan fingerprint density at radius 1 is 1.33 bits per heavy atom. The quantitative estimate of drug-likeness (QED) is 0.797. The number of aromatic nitrogens is 1. The molecule has 4 heteroatoms. The van der Waals surface area contributed by atoms with Gasteiger partial charge in [-0.25, -0.2) is 0 Å². The first-order valence-electron chi connectivity index (χ1n) is 7.09. The third kappa shape index (κ3) is 3.60. The van der Waals surface area contributed by atoms with Gasteiger partial charge in [0.05, 0.1) is 11.4 Å². The van der Waals surface area contributed by atoms with E-state index in [4.69, 9.17) is 0 Å². The first-order chi connectivity index (χ1) is 10.2. The van der Waals surface area contributed by atoms with E-state index in [2.05, 4.69) is 27.8 Å². The van der Waals surface area contributed by atoms with Gasteiger partial charge in [-0.3, -0.25) is 4.98 Å². The summed E-state index contributed by atoms with van der Waals surface area (Å²) < 4.78 is 0. The number of para-hydroxylation sites is 1. The van der Waals surface area contributed by atoms with Gasteiger partial charge in [-0.05, 0) is 37.6 Å². The Kier molecular flexibility index (Phi) is 4.93. The molecule has 21 heavy (non-hydrogen) atoms. The zero-order valence-electron chi connectivity index (χ0n) is 12.7. The van der Waals surface area contributed by atoms with E-state index >= 15 is 0 Å². The molecular formula is C17H21N3O. The second-order valence-corrected chi connectivity index (χ2v) is 5.11. The minimum Gasteiger partial charge on any atom is -0.386 e. The summed E-state index contributed by atoms with van der Waals surface area (Å²) in [6, 6.07) is 10.3. The maximum Gasteiger partial charge on any atom is 0.122 e. The molecule has 4 nitrogen and oxygen atoms in total. The van der Waals surface area contributed by atoms with Crippen LogP contribution in [0.15, 0.2) is 36.5 Å². The number of carbonyl (C=O) groups excluding carboxylic acids is 1. The number of anilines is 2. The van der Waals surface area contributed by atoms with Crippen LogP contribution in [0, 0.1) is 6.92 Å². The smallest absolute Gasteiger partial charge is 0.122 e. The Morgan fingerprint density at radius 2 is 2.14 bits per heavy atom. The summed E-state index contributed by atoms with van der Waals surface area (Å²) in [5, 5.41) is 6.64. The van der Waals surface area contributed by atoms with Crippen molar-refractivity contribution in [3.05, 3.63) is 42.2 Å². The van der Waals surface area contributed by atoms with Gasteiger partial charge < -0.3 is 15.4 Å². The summed E-state index contributed by atoms with van der Waals surface area (Å²) in [6.45, 7) is 3.98. The monoisotopic (exact) mass is 283 g/mol. The molecule has 0 unspecified atom stereocenters. The minimum atomic E-state index is 0.0821. The van der Waals surface area contributed by atoms with Crippen molar-refractivity contribution in [2.24, 2.45) is 0 Å². The van der Waals surface area contributed by atoms with Crippen LogP contribution < -0.4 is 10.6 Å². The molecule has 2 rings (SSSR count). The summed E-state index contributed by atoms with van der Waals surface area (Å²) >= 11 is 0. The highest BCUT2D eigenvalue weighted by Gasteiger charge is 2.12. The van der Waals surface area contributed by atoms with E-state index in [-0.39, 0.29) is 6.04 Å². The van der Waals surface area contributed by atoms with Crippen LogP contribution >= 0.6 is 0 Å². The average Bonchev–Trinajstić information content (AvgIpc) is 2.47. The maximum atomic E-state index is 10.7. The van der Waals surface area contributed by atoms with Crippen LogP contribution in [0.5, 0.6) is 0 Å². The van der Waals surface area contributed by atoms with Crippen molar-refractivity contribution in [3.63, 3.8) is 0 Å². The summed E-state index contributed by atoms with van der Waals surface area (Å²) in [5.74, 6) is 0. The number of aldehydes is 1. The molecule has 2 N–H and O–H groups in total. The van der Waals surface area contributed by atoms with Crippen LogP contribution in [0.3, 0.4) is 0 Å². The molecule has 0 saturated carbocycles. The molecule has 2 aromatic rings. The molecule has 1 aromatic heterocycles. The fourth-order valence-corrected chi connectivity index (χ4v) is 2.32. The van der Waals surface area contributed by atoms with Crippen molar-refractivity contribution in [3.8, 4) is 11.1 Å². The van der Waals surface area contributed by atoms with Crippen molar-refractivity contribution in [1.29, 1.82) is 0 Å². The molecule has 0 aliphatic carbocycles. The summed E-state index contributed by atoms with van der Waals surface area (Å²) in [4.78, 5) is 14.9. The third-order valence-corrected chi connectivity index (χ3v) is 3.38. The standard InChI is InChI=1S/C17H21N3O/c1-12(8-10-21)20-17-15(5-4-6-16(17)18-3)14-7-9-19-13(2)11-14/h4-7,9-12,18,20H,8H2,1-3H3/t12-/m1/s1. The van der Waals surface area contributed by atoms with Gasteiger partial charge in [0.1, 0.15) is 6.29 Å². The summed E-state index contributed by atoms with van der Waals surface area (Å²) in [7, 11) is 1.90. The molecule has 0 spiro atoms. The molecule has 0 saturated heterocycles. The molecule has 0 aliphatic rings. The second kappa shape index (κ2) is 6.88. The SMILES string of the molecule is CNc1cccc(-c2ccnc(C)c2)c1N[C@H](C)CC=O. The topological polar surface area (TPSA) is 54.0 Å². The Balaban J connectivity index is 2.47. The van der Waals surface area contributed by atoms with Gasteiger partial charge in [0.2, 0.25) is 0 Å². The highest BCUT2D eigenvalue weighted by molar-refractivity contribution is 5.87. The van der Waals surface area contributed by atoms with Gasteiger partial charge in [-0.1, -0.05) is 12.1 Å². The van der Waals surface area contributed by atoms with E-state index in [1.165, 1.54) is 0 Å². The fourth-order valence-electron chi connectivity index (χ4n) is 2.32. The van der Waals surface area contributed by atoms with Crippen LogP contribution in [-0.4, -0.2) is 24.4 Å². The first-order valence-corrected chi connectivity index (χ1v) is 7.09. The van der Waals surface area contributed by atoms with Gasteiger partial charge >= 0.3 is 0 Å². The Hall–Kier alpha value is -2.36. The lowest BCUT2D eigenvalue weighted by Gasteiger charge is -2.20. The predicted octanol–water partition coefficient (Wildman–Crippen LogP) is 3.49. The predicted molar refractivity (Wildman–Crippen MR) is 87.7 cm³/mol. The van der Waals surface area contributed by atoms with Gasteiger partial charge in [0, 0.05) is 37.0 Å². The van der Waals surface area contributed by atoms with Crippen molar-refractivity contribution in [2.45, 2.75) is 26.3 Å². The number of benzene rings is 1. The lowest BCUT2D eigenvalue weighted by Crippen LogP contribution is -2.17. The highest BCUT2D eigenvalue weighted by Crippen LogP contribution is 2.34. The number of aryl methyl sites for hydroxylation is 1. The normalized spacial score (nSPS) is 11.8. The van der Waals surface area contributed by atoms with Crippen LogP contribution in [0.25, 0.3) is 11.1 Å². The van der Waals surface area contributed by atoms with Gasteiger partial charge in [0.15, 0.2) is 0 Å². The lowest BCUT2D eigenvalue weighted by molar-refractivity contribution is -0.107. The third-order valence-electron chi connectivity index (χ3n) is 3.38. The number of nitrogens with one attached hydrogen (secondary N) is 2. The number of hydrogen-bond acceptors (Lipinski definition) is 4. The van der Waals surface area contributed by atoms with Gasteiger partial charge in [-0.2, -0.15) is 0 Å². The number of hydrogen-bond donors (Lipinski definition) is 2. The van der Waals surface area contributed by atoms with E-state index in [1.54, 1.807) is 0 Å². The van der Waals surface area contributed by atoms with Gasteiger partial charge in [0.25, 0.3) is 0 Å². The second-order valence-electron chi connectivity index (χ2n) is 5.11. The molecule has 0 bridgehead atoms. The zero-order valence-corrected chi connectivity index (χ0v) is 12.7. The zero-order chi connectivity index (χ0) is 15.2. The fraction of sp³-hybridized carbons (Fsp3) is 0.294. The van der Waals surface area contributed by atoms with Crippen molar-refractivity contribution >= 4 is 17.7 Å². The summed E-state index contributed by atoms with van der Waals surface area (Å²) in [6.07, 6.45) is 3.23. The molecule has 1 heterocycles. The van der Waals surface area contributed by atoms with E-state index in [1.807, 2.05) is 45.3 Å². The maximum absolute atomic E-state index is 10.7. The number of carbonyl (C=O) groups is 1. The minimum absolute atomic E-state index is 0.0821. The highest BCUT2D eigenvalue weighted by atomic mass is 16.1. The van der Waals surface area contributed by atoms with Crippen LogP contribution in [0.2, 0.25) is 0 Å².